The molecule has 2 N–H and O–H groups in total. The van der Waals surface area contributed by atoms with Crippen LogP contribution in [-0.4, -0.2) is 54.0 Å². The Balaban J connectivity index is 2.00. The number of ether oxygens (including phenoxy) is 1. The largest absolute Gasteiger partial charge is 0.444 e. The van der Waals surface area contributed by atoms with Gasteiger partial charge in [0.05, 0.1) is 0 Å². The van der Waals surface area contributed by atoms with E-state index in [9.17, 15) is 19.2 Å². The lowest BCUT2D eigenvalue weighted by molar-refractivity contribution is -0.137. The number of carbonyl (C=O) groups excluding carboxylic acids is 4. The molecule has 140 valence electrons. The molecule has 0 bridgehead atoms. The molecular weight excluding hydrogens is 326 g/mol. The fraction of sp³-hybridized carbons (Fsp3) is 0.647. The first kappa shape index (κ1) is 20.7. The van der Waals surface area contributed by atoms with Crippen LogP contribution >= 0.6 is 0 Å². The summed E-state index contributed by atoms with van der Waals surface area (Å²) in [5.74, 6) is -0.651. The molecule has 0 unspecified atom stereocenters. The summed E-state index contributed by atoms with van der Waals surface area (Å²) in [7, 11) is 0. The smallest absolute Gasteiger partial charge is 0.407 e. The van der Waals surface area contributed by atoms with Gasteiger partial charge in [-0.1, -0.05) is 6.42 Å². The Bertz CT molecular complexity index is 519. The Hall–Kier alpha value is -2.38. The Morgan fingerprint density at radius 2 is 1.60 bits per heavy atom. The standard InChI is InChI=1S/C17H27N3O5/c1-17(2,3)25-16(24)19-11-10-18-13(21)7-5-4-6-12-20-14(22)8-9-15(20)23/h8-9H,4-7,10-12H2,1-3H3,(H,18,21)(H,19,24). The van der Waals surface area contributed by atoms with Gasteiger partial charge >= 0.3 is 6.09 Å². The lowest BCUT2D eigenvalue weighted by atomic mass is 10.2. The van der Waals surface area contributed by atoms with Gasteiger partial charge in [-0.3, -0.25) is 19.3 Å². The van der Waals surface area contributed by atoms with Gasteiger partial charge < -0.3 is 15.4 Å². The average molecular weight is 353 g/mol. The number of imide groups is 1. The van der Waals surface area contributed by atoms with Gasteiger partial charge in [0.15, 0.2) is 0 Å². The fourth-order valence-electron chi connectivity index (χ4n) is 2.15. The maximum Gasteiger partial charge on any atom is 0.407 e. The number of hydrogen-bond acceptors (Lipinski definition) is 5. The first-order chi connectivity index (χ1) is 11.7. The van der Waals surface area contributed by atoms with Crippen molar-refractivity contribution >= 4 is 23.8 Å². The maximum atomic E-state index is 11.7. The van der Waals surface area contributed by atoms with Crippen molar-refractivity contribution < 1.29 is 23.9 Å². The predicted molar refractivity (Wildman–Crippen MR) is 91.6 cm³/mol. The van der Waals surface area contributed by atoms with E-state index in [2.05, 4.69) is 10.6 Å². The molecule has 0 saturated carbocycles. The number of hydrogen-bond donors (Lipinski definition) is 2. The third-order valence-electron chi connectivity index (χ3n) is 3.30. The monoisotopic (exact) mass is 353 g/mol. The highest BCUT2D eigenvalue weighted by Gasteiger charge is 2.22. The van der Waals surface area contributed by atoms with Crippen molar-refractivity contribution in [2.75, 3.05) is 19.6 Å². The Morgan fingerprint density at radius 3 is 2.20 bits per heavy atom. The van der Waals surface area contributed by atoms with Crippen LogP contribution in [0.25, 0.3) is 0 Å². The second kappa shape index (κ2) is 9.80. The highest BCUT2D eigenvalue weighted by atomic mass is 16.6. The van der Waals surface area contributed by atoms with E-state index >= 15 is 0 Å². The maximum absolute atomic E-state index is 11.7. The van der Waals surface area contributed by atoms with Crippen LogP contribution in [0, 0.1) is 0 Å². The molecule has 0 aromatic rings. The second-order valence-corrected chi connectivity index (χ2v) is 6.75. The van der Waals surface area contributed by atoms with E-state index in [0.29, 0.717) is 38.9 Å². The third-order valence-corrected chi connectivity index (χ3v) is 3.30. The van der Waals surface area contributed by atoms with Crippen LogP contribution in [0.3, 0.4) is 0 Å². The molecule has 0 saturated heterocycles. The van der Waals surface area contributed by atoms with Gasteiger partial charge in [0, 0.05) is 38.2 Å². The molecule has 1 rings (SSSR count). The summed E-state index contributed by atoms with van der Waals surface area (Å²) in [6.07, 6.45) is 4.49. The molecule has 8 heteroatoms. The van der Waals surface area contributed by atoms with Crippen LogP contribution in [0.1, 0.15) is 46.5 Å². The molecule has 8 nitrogen and oxygen atoms in total. The number of rotatable bonds is 9. The Kier molecular flexibility index (Phi) is 8.10. The highest BCUT2D eigenvalue weighted by molar-refractivity contribution is 6.12. The van der Waals surface area contributed by atoms with E-state index in [1.54, 1.807) is 20.8 Å². The summed E-state index contributed by atoms with van der Waals surface area (Å²) in [6.45, 7) is 6.35. The number of unbranched alkanes of at least 4 members (excludes halogenated alkanes) is 2. The second-order valence-electron chi connectivity index (χ2n) is 6.75. The zero-order valence-electron chi connectivity index (χ0n) is 15.1. The molecule has 0 aromatic heterocycles. The molecule has 1 aliphatic rings. The highest BCUT2D eigenvalue weighted by Crippen LogP contribution is 2.08. The van der Waals surface area contributed by atoms with Crippen molar-refractivity contribution in [3.8, 4) is 0 Å². The summed E-state index contributed by atoms with van der Waals surface area (Å²) < 4.78 is 5.07. The normalized spacial score (nSPS) is 14.0. The van der Waals surface area contributed by atoms with Gasteiger partial charge in [-0.25, -0.2) is 4.79 Å². The minimum absolute atomic E-state index is 0.0963. The van der Waals surface area contributed by atoms with Crippen molar-refractivity contribution in [1.29, 1.82) is 0 Å². The molecule has 0 radical (unpaired) electrons. The lowest BCUT2D eigenvalue weighted by Gasteiger charge is -2.19. The van der Waals surface area contributed by atoms with Gasteiger partial charge in [-0.2, -0.15) is 0 Å². The number of carbonyl (C=O) groups is 4. The van der Waals surface area contributed by atoms with Gasteiger partial charge in [-0.15, -0.1) is 0 Å². The topological polar surface area (TPSA) is 105 Å². The van der Waals surface area contributed by atoms with Crippen molar-refractivity contribution in [1.82, 2.24) is 15.5 Å². The van der Waals surface area contributed by atoms with Crippen LogP contribution < -0.4 is 10.6 Å². The molecule has 0 fully saturated rings. The van der Waals surface area contributed by atoms with Crippen LogP contribution in [0.5, 0.6) is 0 Å². The van der Waals surface area contributed by atoms with Crippen molar-refractivity contribution in [2.24, 2.45) is 0 Å². The van der Waals surface area contributed by atoms with Gasteiger partial charge in [-0.05, 0) is 33.6 Å². The minimum atomic E-state index is -0.548. The first-order valence-electron chi connectivity index (χ1n) is 8.46. The molecule has 4 amide bonds. The quantitative estimate of drug-likeness (QED) is 0.477. The summed E-state index contributed by atoms with van der Waals surface area (Å²) in [4.78, 5) is 46.9. The molecule has 0 atom stereocenters. The van der Waals surface area contributed by atoms with Crippen LogP contribution in [-0.2, 0) is 19.1 Å². The summed E-state index contributed by atoms with van der Waals surface area (Å²) in [5.41, 5.74) is -0.548. The SMILES string of the molecule is CC(C)(C)OC(=O)NCCNC(=O)CCCCCN1C(=O)C=CC1=O. The van der Waals surface area contributed by atoms with Gasteiger partial charge in [0.2, 0.25) is 5.91 Å². The molecular formula is C17H27N3O5. The van der Waals surface area contributed by atoms with Crippen LogP contribution in [0.15, 0.2) is 12.2 Å². The number of nitrogens with zero attached hydrogens (tertiary/aromatic N) is 1. The van der Waals surface area contributed by atoms with E-state index in [1.807, 2.05) is 0 Å². The summed E-state index contributed by atoms with van der Waals surface area (Å²) >= 11 is 0. The summed E-state index contributed by atoms with van der Waals surface area (Å²) in [5, 5.41) is 5.27. The van der Waals surface area contributed by atoms with Crippen molar-refractivity contribution in [2.45, 2.75) is 52.1 Å². The zero-order valence-corrected chi connectivity index (χ0v) is 15.1. The number of alkyl carbamates (subject to hydrolysis) is 1. The molecule has 0 aromatic carbocycles. The van der Waals surface area contributed by atoms with Crippen LogP contribution in [0.2, 0.25) is 0 Å². The zero-order chi connectivity index (χ0) is 18.9. The Labute approximate surface area is 148 Å². The van der Waals surface area contributed by atoms with E-state index in [0.717, 1.165) is 6.42 Å². The lowest BCUT2D eigenvalue weighted by Crippen LogP contribution is -2.37. The molecule has 1 heterocycles. The molecule has 0 spiro atoms. The van der Waals surface area contributed by atoms with Crippen molar-refractivity contribution in [3.05, 3.63) is 12.2 Å². The van der Waals surface area contributed by atoms with E-state index in [4.69, 9.17) is 4.74 Å². The minimum Gasteiger partial charge on any atom is -0.444 e. The van der Waals surface area contributed by atoms with Gasteiger partial charge in [0.1, 0.15) is 5.60 Å². The van der Waals surface area contributed by atoms with Crippen LogP contribution in [0.4, 0.5) is 4.79 Å². The molecule has 0 aliphatic carbocycles. The van der Waals surface area contributed by atoms with E-state index in [1.165, 1.54) is 17.1 Å². The van der Waals surface area contributed by atoms with Gasteiger partial charge in [0.25, 0.3) is 11.8 Å². The van der Waals surface area contributed by atoms with Crippen molar-refractivity contribution in [3.63, 3.8) is 0 Å². The number of amides is 4. The molecule has 25 heavy (non-hydrogen) atoms. The molecule has 1 aliphatic heterocycles. The Morgan fingerprint density at radius 1 is 1.00 bits per heavy atom. The van der Waals surface area contributed by atoms with E-state index in [-0.39, 0.29) is 17.7 Å². The fourth-order valence-corrected chi connectivity index (χ4v) is 2.15. The predicted octanol–water partition coefficient (Wildman–Crippen LogP) is 1.11. The average Bonchev–Trinajstić information content (AvgIpc) is 2.81. The van der Waals surface area contributed by atoms with E-state index < -0.39 is 11.7 Å². The number of nitrogens with one attached hydrogen (secondary N) is 2. The first-order valence-corrected chi connectivity index (χ1v) is 8.46. The third kappa shape index (κ3) is 8.88. The summed E-state index contributed by atoms with van der Waals surface area (Å²) in [6, 6.07) is 0.